The van der Waals surface area contributed by atoms with Gasteiger partial charge in [0, 0.05) is 42.0 Å². The van der Waals surface area contributed by atoms with Crippen molar-refractivity contribution in [1.82, 2.24) is 10.2 Å². The van der Waals surface area contributed by atoms with Crippen molar-refractivity contribution < 1.29 is 0 Å². The summed E-state index contributed by atoms with van der Waals surface area (Å²) in [5, 5.41) is 3.41. The Kier molecular flexibility index (Phi) is 8.43. The van der Waals surface area contributed by atoms with E-state index in [-0.39, 0.29) is 24.8 Å². The van der Waals surface area contributed by atoms with Gasteiger partial charge in [0.05, 0.1) is 0 Å². The molecule has 0 spiro atoms. The summed E-state index contributed by atoms with van der Waals surface area (Å²) in [5.74, 6) is 0. The first kappa shape index (κ1) is 17.2. The van der Waals surface area contributed by atoms with Gasteiger partial charge in [-0.1, -0.05) is 6.92 Å². The summed E-state index contributed by atoms with van der Waals surface area (Å²) in [6.45, 7) is 9.15. The van der Waals surface area contributed by atoms with Crippen molar-refractivity contribution in [2.45, 2.75) is 26.3 Å². The molecule has 1 aromatic heterocycles. The van der Waals surface area contributed by atoms with Gasteiger partial charge < -0.3 is 5.32 Å². The fraction of sp³-hybridized carbons (Fsp3) is 0.667. The van der Waals surface area contributed by atoms with Crippen LogP contribution in [0.5, 0.6) is 0 Å². The van der Waals surface area contributed by atoms with Crippen molar-refractivity contribution in [3.63, 3.8) is 0 Å². The largest absolute Gasteiger partial charge is 0.314 e. The third kappa shape index (κ3) is 4.42. The lowest BCUT2D eigenvalue weighted by Crippen LogP contribution is -2.44. The second kappa shape index (κ2) is 8.33. The third-order valence-corrected chi connectivity index (χ3v) is 4.17. The Morgan fingerprint density at radius 2 is 1.94 bits per heavy atom. The fourth-order valence-electron chi connectivity index (χ4n) is 2.27. The molecule has 0 aromatic carbocycles. The Bertz CT molecular complexity index is 311. The highest BCUT2D eigenvalue weighted by Gasteiger charge is 2.21. The highest BCUT2D eigenvalue weighted by atomic mass is 35.5. The van der Waals surface area contributed by atoms with Crippen LogP contribution in [0, 0.1) is 6.92 Å². The molecule has 17 heavy (non-hydrogen) atoms. The highest BCUT2D eigenvalue weighted by Crippen LogP contribution is 2.30. The van der Waals surface area contributed by atoms with Gasteiger partial charge in [-0.2, -0.15) is 0 Å². The molecule has 0 radical (unpaired) electrons. The second-order valence-electron chi connectivity index (χ2n) is 4.16. The Hall–Kier alpha value is 0.200. The number of hydrogen-bond donors (Lipinski definition) is 1. The summed E-state index contributed by atoms with van der Waals surface area (Å²) in [5.41, 5.74) is 0. The van der Waals surface area contributed by atoms with Gasteiger partial charge in [0.1, 0.15) is 0 Å². The van der Waals surface area contributed by atoms with Crippen LogP contribution in [0.15, 0.2) is 12.1 Å². The molecule has 0 bridgehead atoms. The van der Waals surface area contributed by atoms with E-state index in [0.29, 0.717) is 6.04 Å². The first-order valence-corrected chi connectivity index (χ1v) is 6.64. The SMILES string of the molecule is CC[C@@H](c1ccc(C)s1)N1CCNCC1.Cl.Cl. The topological polar surface area (TPSA) is 15.3 Å². The number of hydrogen-bond acceptors (Lipinski definition) is 3. The van der Waals surface area contributed by atoms with Gasteiger partial charge in [0.2, 0.25) is 0 Å². The lowest BCUT2D eigenvalue weighted by atomic mass is 10.1. The summed E-state index contributed by atoms with van der Waals surface area (Å²) >= 11 is 1.95. The molecule has 1 atom stereocenters. The van der Waals surface area contributed by atoms with Crippen LogP contribution in [0.4, 0.5) is 0 Å². The first-order chi connectivity index (χ1) is 7.31. The first-order valence-electron chi connectivity index (χ1n) is 5.82. The average Bonchev–Trinajstić information content (AvgIpc) is 2.68. The molecule has 2 nitrogen and oxygen atoms in total. The van der Waals surface area contributed by atoms with E-state index < -0.39 is 0 Å². The Morgan fingerprint density at radius 3 is 2.41 bits per heavy atom. The number of halogens is 2. The predicted molar refractivity (Wildman–Crippen MR) is 81.0 cm³/mol. The van der Waals surface area contributed by atoms with Crippen LogP contribution in [0.2, 0.25) is 0 Å². The van der Waals surface area contributed by atoms with Gasteiger partial charge in [-0.3, -0.25) is 4.90 Å². The van der Waals surface area contributed by atoms with E-state index in [9.17, 15) is 0 Å². The zero-order chi connectivity index (χ0) is 10.7. The number of thiophene rings is 1. The molecule has 0 aliphatic carbocycles. The number of rotatable bonds is 3. The lowest BCUT2D eigenvalue weighted by molar-refractivity contribution is 0.172. The van der Waals surface area contributed by atoms with E-state index in [0.717, 1.165) is 13.1 Å². The van der Waals surface area contributed by atoms with Crippen LogP contribution in [0.1, 0.15) is 29.1 Å². The van der Waals surface area contributed by atoms with Crippen molar-refractivity contribution in [2.75, 3.05) is 26.2 Å². The van der Waals surface area contributed by atoms with Crippen LogP contribution in [-0.2, 0) is 0 Å². The van der Waals surface area contributed by atoms with Gasteiger partial charge in [-0.15, -0.1) is 36.2 Å². The molecule has 0 amide bonds. The highest BCUT2D eigenvalue weighted by molar-refractivity contribution is 7.12. The molecule has 1 aliphatic heterocycles. The molecule has 1 N–H and O–H groups in total. The molecule has 5 heteroatoms. The summed E-state index contributed by atoms with van der Waals surface area (Å²) in [6.07, 6.45) is 1.22. The minimum atomic E-state index is 0. The maximum Gasteiger partial charge on any atom is 0.0440 e. The molecular weight excluding hydrogens is 275 g/mol. The molecule has 2 heterocycles. The Morgan fingerprint density at radius 1 is 1.29 bits per heavy atom. The van der Waals surface area contributed by atoms with Crippen LogP contribution < -0.4 is 5.32 Å². The number of nitrogens with one attached hydrogen (secondary N) is 1. The van der Waals surface area contributed by atoms with E-state index in [4.69, 9.17) is 0 Å². The van der Waals surface area contributed by atoms with Crippen LogP contribution in [0.25, 0.3) is 0 Å². The second-order valence-corrected chi connectivity index (χ2v) is 5.48. The van der Waals surface area contributed by atoms with Crippen LogP contribution in [-0.4, -0.2) is 31.1 Å². The maximum atomic E-state index is 3.41. The van der Waals surface area contributed by atoms with E-state index in [2.05, 4.69) is 36.2 Å². The van der Waals surface area contributed by atoms with Crippen molar-refractivity contribution in [3.8, 4) is 0 Å². The lowest BCUT2D eigenvalue weighted by Gasteiger charge is -2.33. The van der Waals surface area contributed by atoms with E-state index in [1.54, 1.807) is 0 Å². The normalized spacial score (nSPS) is 18.0. The molecule has 100 valence electrons. The number of nitrogens with zero attached hydrogens (tertiary/aromatic N) is 1. The van der Waals surface area contributed by atoms with Gasteiger partial charge in [0.15, 0.2) is 0 Å². The van der Waals surface area contributed by atoms with E-state index in [1.165, 1.54) is 29.3 Å². The van der Waals surface area contributed by atoms with Crippen molar-refractivity contribution >= 4 is 36.2 Å². The van der Waals surface area contributed by atoms with Crippen molar-refractivity contribution in [3.05, 3.63) is 21.9 Å². The van der Waals surface area contributed by atoms with Crippen molar-refractivity contribution in [1.29, 1.82) is 0 Å². The van der Waals surface area contributed by atoms with E-state index >= 15 is 0 Å². The standard InChI is InChI=1S/C12H20N2S.2ClH/c1-3-11(12-5-4-10(2)15-12)14-8-6-13-7-9-14;;/h4-5,11,13H,3,6-9H2,1-2H3;2*1H/t11-;;/m0../s1. The van der Waals surface area contributed by atoms with E-state index in [1.807, 2.05) is 11.3 Å². The molecule has 1 saturated heterocycles. The molecule has 1 fully saturated rings. The van der Waals surface area contributed by atoms with Gasteiger partial charge in [-0.25, -0.2) is 0 Å². The third-order valence-electron chi connectivity index (χ3n) is 3.07. The quantitative estimate of drug-likeness (QED) is 0.921. The molecule has 0 saturated carbocycles. The van der Waals surface area contributed by atoms with Gasteiger partial charge in [0.25, 0.3) is 0 Å². The van der Waals surface area contributed by atoms with Crippen LogP contribution in [0.3, 0.4) is 0 Å². The Balaban J connectivity index is 0.00000128. The van der Waals surface area contributed by atoms with Gasteiger partial charge in [-0.05, 0) is 25.5 Å². The van der Waals surface area contributed by atoms with Crippen LogP contribution >= 0.6 is 36.2 Å². The summed E-state index contributed by atoms with van der Waals surface area (Å²) in [7, 11) is 0. The minimum absolute atomic E-state index is 0. The molecule has 2 rings (SSSR count). The Labute approximate surface area is 121 Å². The minimum Gasteiger partial charge on any atom is -0.314 e. The molecular formula is C12H22Cl2N2S. The monoisotopic (exact) mass is 296 g/mol. The summed E-state index contributed by atoms with van der Waals surface area (Å²) < 4.78 is 0. The smallest absolute Gasteiger partial charge is 0.0440 e. The fourth-order valence-corrected chi connectivity index (χ4v) is 3.36. The number of aryl methyl sites for hydroxylation is 1. The summed E-state index contributed by atoms with van der Waals surface area (Å²) in [6, 6.07) is 5.19. The summed E-state index contributed by atoms with van der Waals surface area (Å²) in [4.78, 5) is 5.58. The predicted octanol–water partition coefficient (Wildman–Crippen LogP) is 3.26. The molecule has 1 aliphatic rings. The zero-order valence-electron chi connectivity index (χ0n) is 10.4. The van der Waals surface area contributed by atoms with Gasteiger partial charge >= 0.3 is 0 Å². The van der Waals surface area contributed by atoms with Crippen molar-refractivity contribution in [2.24, 2.45) is 0 Å². The number of piperazine rings is 1. The maximum absolute atomic E-state index is 3.41. The molecule has 1 aromatic rings. The molecule has 0 unspecified atom stereocenters. The average molecular weight is 297 g/mol. The zero-order valence-corrected chi connectivity index (χ0v) is 12.9.